The molecule has 0 heterocycles. The highest BCUT2D eigenvalue weighted by atomic mass is 16.5. The Morgan fingerprint density at radius 2 is 1.57 bits per heavy atom. The number of nitrogens with zero attached hydrogens (tertiary/aromatic N) is 2. The summed E-state index contributed by atoms with van der Waals surface area (Å²) in [5.74, 6) is 0.959. The first-order chi connectivity index (χ1) is 10.0. The van der Waals surface area contributed by atoms with Gasteiger partial charge in [-0.15, -0.1) is 0 Å². The van der Waals surface area contributed by atoms with Gasteiger partial charge in [0.1, 0.15) is 0 Å². The summed E-state index contributed by atoms with van der Waals surface area (Å²) in [6, 6.07) is 3.74. The Hall–Kier alpha value is -1.46. The Kier molecular flexibility index (Phi) is 7.32. The summed E-state index contributed by atoms with van der Waals surface area (Å²) >= 11 is 0. The van der Waals surface area contributed by atoms with E-state index < -0.39 is 0 Å². The van der Waals surface area contributed by atoms with Gasteiger partial charge in [-0.3, -0.25) is 4.90 Å². The number of ether oxygens (including phenoxy) is 2. The first-order valence-electron chi connectivity index (χ1n) is 7.32. The highest BCUT2D eigenvalue weighted by molar-refractivity contribution is 5.52. The van der Waals surface area contributed by atoms with Crippen LogP contribution in [0.2, 0.25) is 0 Å². The van der Waals surface area contributed by atoms with Crippen LogP contribution >= 0.6 is 0 Å². The zero-order valence-electron chi connectivity index (χ0n) is 13.8. The summed E-state index contributed by atoms with van der Waals surface area (Å²) in [7, 11) is 7.26. The third-order valence-electron chi connectivity index (χ3n) is 3.35. The van der Waals surface area contributed by atoms with Crippen molar-refractivity contribution in [2.75, 3.05) is 47.9 Å². The van der Waals surface area contributed by atoms with Gasteiger partial charge in [0.05, 0.1) is 14.2 Å². The third kappa shape index (κ3) is 5.44. The molecule has 0 aliphatic heterocycles. The maximum absolute atomic E-state index is 9.96. The van der Waals surface area contributed by atoms with Crippen molar-refractivity contribution < 1.29 is 14.6 Å². The first-order valence-corrected chi connectivity index (χ1v) is 7.32. The fourth-order valence-corrected chi connectivity index (χ4v) is 2.22. The number of benzene rings is 1. The van der Waals surface area contributed by atoms with E-state index in [2.05, 4.69) is 30.8 Å². The maximum atomic E-state index is 9.96. The van der Waals surface area contributed by atoms with Crippen molar-refractivity contribution in [3.63, 3.8) is 0 Å². The SMILES string of the molecule is CCCN(CCN(C)C)Cc1cc(OC)c(O)c(OC)c1. The molecule has 0 aliphatic carbocycles. The van der Waals surface area contributed by atoms with Crippen LogP contribution in [0, 0.1) is 0 Å². The lowest BCUT2D eigenvalue weighted by Crippen LogP contribution is -2.32. The van der Waals surface area contributed by atoms with E-state index >= 15 is 0 Å². The molecule has 1 aromatic rings. The molecular weight excluding hydrogens is 268 g/mol. The standard InChI is InChI=1S/C16H28N2O3/c1-6-7-18(9-8-17(2)3)12-13-10-14(20-4)16(19)15(11-13)21-5/h10-11,19H,6-9,12H2,1-5H3. The minimum Gasteiger partial charge on any atom is -0.502 e. The smallest absolute Gasteiger partial charge is 0.200 e. The van der Waals surface area contributed by atoms with Gasteiger partial charge in [0.15, 0.2) is 11.5 Å². The van der Waals surface area contributed by atoms with E-state index in [0.717, 1.165) is 38.2 Å². The Morgan fingerprint density at radius 3 is 2.00 bits per heavy atom. The highest BCUT2D eigenvalue weighted by Crippen LogP contribution is 2.37. The lowest BCUT2D eigenvalue weighted by Gasteiger charge is -2.24. The molecule has 120 valence electrons. The quantitative estimate of drug-likeness (QED) is 0.757. The molecule has 1 rings (SSSR count). The molecule has 0 aliphatic rings. The number of likely N-dealkylation sites (N-methyl/N-ethyl adjacent to an activating group) is 1. The van der Waals surface area contributed by atoms with E-state index in [9.17, 15) is 5.11 Å². The third-order valence-corrected chi connectivity index (χ3v) is 3.35. The lowest BCUT2D eigenvalue weighted by atomic mass is 10.1. The molecule has 0 unspecified atom stereocenters. The van der Waals surface area contributed by atoms with E-state index in [4.69, 9.17) is 9.47 Å². The van der Waals surface area contributed by atoms with Gasteiger partial charge in [-0.25, -0.2) is 0 Å². The molecule has 1 aromatic carbocycles. The van der Waals surface area contributed by atoms with E-state index in [0.29, 0.717) is 11.5 Å². The van der Waals surface area contributed by atoms with Crippen molar-refractivity contribution in [2.45, 2.75) is 19.9 Å². The fraction of sp³-hybridized carbons (Fsp3) is 0.625. The van der Waals surface area contributed by atoms with Crippen molar-refractivity contribution in [2.24, 2.45) is 0 Å². The Balaban J connectivity index is 2.86. The Morgan fingerprint density at radius 1 is 1.00 bits per heavy atom. The monoisotopic (exact) mass is 296 g/mol. The highest BCUT2D eigenvalue weighted by Gasteiger charge is 2.13. The molecule has 0 aromatic heterocycles. The van der Waals surface area contributed by atoms with Crippen LogP contribution in [0.25, 0.3) is 0 Å². The molecule has 0 amide bonds. The number of phenolic OH excluding ortho intramolecular Hbond substituents is 1. The van der Waals surface area contributed by atoms with Crippen LogP contribution in [0.3, 0.4) is 0 Å². The van der Waals surface area contributed by atoms with Crippen molar-refractivity contribution in [1.29, 1.82) is 0 Å². The van der Waals surface area contributed by atoms with Crippen molar-refractivity contribution in [3.8, 4) is 17.2 Å². The first kappa shape index (κ1) is 17.6. The maximum Gasteiger partial charge on any atom is 0.200 e. The van der Waals surface area contributed by atoms with Crippen LogP contribution < -0.4 is 9.47 Å². The molecule has 0 spiro atoms. The summed E-state index contributed by atoms with van der Waals surface area (Å²) in [6.07, 6.45) is 1.11. The van der Waals surface area contributed by atoms with Crippen LogP contribution in [-0.4, -0.2) is 62.9 Å². The fourth-order valence-electron chi connectivity index (χ4n) is 2.22. The summed E-state index contributed by atoms with van der Waals surface area (Å²) in [5.41, 5.74) is 1.08. The van der Waals surface area contributed by atoms with E-state index in [-0.39, 0.29) is 5.75 Å². The molecule has 0 saturated heterocycles. The van der Waals surface area contributed by atoms with Crippen molar-refractivity contribution in [3.05, 3.63) is 17.7 Å². The van der Waals surface area contributed by atoms with Crippen LogP contribution in [0.5, 0.6) is 17.2 Å². The zero-order chi connectivity index (χ0) is 15.8. The van der Waals surface area contributed by atoms with Gasteiger partial charge >= 0.3 is 0 Å². The summed E-state index contributed by atoms with van der Waals surface area (Å²) in [4.78, 5) is 4.58. The lowest BCUT2D eigenvalue weighted by molar-refractivity contribution is 0.233. The second-order valence-corrected chi connectivity index (χ2v) is 5.43. The van der Waals surface area contributed by atoms with E-state index in [1.54, 1.807) is 14.2 Å². The largest absolute Gasteiger partial charge is 0.502 e. The van der Waals surface area contributed by atoms with Crippen LogP contribution in [-0.2, 0) is 6.54 Å². The topological polar surface area (TPSA) is 45.2 Å². The number of aromatic hydroxyl groups is 1. The molecule has 1 N–H and O–H groups in total. The zero-order valence-corrected chi connectivity index (χ0v) is 13.8. The number of hydrogen-bond donors (Lipinski definition) is 1. The van der Waals surface area contributed by atoms with Gasteiger partial charge < -0.3 is 19.5 Å². The van der Waals surface area contributed by atoms with Gasteiger partial charge in [-0.05, 0) is 44.8 Å². The van der Waals surface area contributed by atoms with Gasteiger partial charge in [-0.1, -0.05) is 6.92 Å². The normalized spacial score (nSPS) is 11.2. The molecule has 0 atom stereocenters. The van der Waals surface area contributed by atoms with Gasteiger partial charge in [0, 0.05) is 19.6 Å². The minimum atomic E-state index is 0.0547. The van der Waals surface area contributed by atoms with E-state index in [1.165, 1.54) is 0 Å². The predicted molar refractivity (Wildman–Crippen MR) is 85.3 cm³/mol. The summed E-state index contributed by atoms with van der Waals surface area (Å²) < 4.78 is 10.4. The van der Waals surface area contributed by atoms with Crippen LogP contribution in [0.4, 0.5) is 0 Å². The van der Waals surface area contributed by atoms with Gasteiger partial charge in [0.25, 0.3) is 0 Å². The average molecular weight is 296 g/mol. The van der Waals surface area contributed by atoms with Gasteiger partial charge in [-0.2, -0.15) is 0 Å². The average Bonchev–Trinajstić information content (AvgIpc) is 2.46. The van der Waals surface area contributed by atoms with Crippen molar-refractivity contribution in [1.82, 2.24) is 9.80 Å². The summed E-state index contributed by atoms with van der Waals surface area (Å²) in [5, 5.41) is 9.96. The number of methoxy groups -OCH3 is 2. The van der Waals surface area contributed by atoms with Crippen LogP contribution in [0.15, 0.2) is 12.1 Å². The summed E-state index contributed by atoms with van der Waals surface area (Å²) in [6.45, 7) is 6.06. The molecule has 21 heavy (non-hydrogen) atoms. The second-order valence-electron chi connectivity index (χ2n) is 5.43. The molecule has 0 radical (unpaired) electrons. The molecule has 5 heteroatoms. The minimum absolute atomic E-state index is 0.0547. The van der Waals surface area contributed by atoms with Gasteiger partial charge in [0.2, 0.25) is 5.75 Å². The molecular formula is C16H28N2O3. The molecule has 0 fully saturated rings. The second kappa shape index (κ2) is 8.74. The van der Waals surface area contributed by atoms with E-state index in [1.807, 2.05) is 12.1 Å². The predicted octanol–water partition coefficient (Wildman–Crippen LogP) is 2.18. The Labute approximate surface area is 128 Å². The Bertz CT molecular complexity index is 411. The molecule has 0 bridgehead atoms. The number of phenols is 1. The number of rotatable bonds is 9. The molecule has 5 nitrogen and oxygen atoms in total. The molecule has 0 saturated carbocycles. The van der Waals surface area contributed by atoms with Crippen LogP contribution in [0.1, 0.15) is 18.9 Å². The van der Waals surface area contributed by atoms with Crippen molar-refractivity contribution >= 4 is 0 Å². The number of hydrogen-bond acceptors (Lipinski definition) is 5.